The minimum Gasteiger partial charge on any atom is -0.465 e. The van der Waals surface area contributed by atoms with E-state index in [9.17, 15) is 9.59 Å². The zero-order valence-corrected chi connectivity index (χ0v) is 14.7. The molecule has 24 heavy (non-hydrogen) atoms. The highest BCUT2D eigenvalue weighted by molar-refractivity contribution is 7.80. The minimum absolute atomic E-state index is 0.304. The number of benzene rings is 1. The van der Waals surface area contributed by atoms with Crippen LogP contribution in [0.15, 0.2) is 18.2 Å². The molecule has 6 nitrogen and oxygen atoms in total. The van der Waals surface area contributed by atoms with Crippen LogP contribution in [0.1, 0.15) is 52.8 Å². The minimum atomic E-state index is -0.505. The predicted molar refractivity (Wildman–Crippen MR) is 95.4 cm³/mol. The Kier molecular flexibility index (Phi) is 6.54. The number of esters is 2. The summed E-state index contributed by atoms with van der Waals surface area (Å²) >= 11 is 5.35. The molecule has 2 N–H and O–H groups in total. The predicted octanol–water partition coefficient (Wildman–Crippen LogP) is 2.88. The number of anilines is 1. The molecule has 1 aromatic rings. The third kappa shape index (κ3) is 4.67. The molecule has 0 amide bonds. The lowest BCUT2D eigenvalue weighted by Crippen LogP contribution is -2.39. The van der Waals surface area contributed by atoms with Gasteiger partial charge in [0.15, 0.2) is 5.11 Å². The summed E-state index contributed by atoms with van der Waals surface area (Å²) in [5.41, 5.74) is 1.05. The molecule has 0 bridgehead atoms. The molecule has 130 valence electrons. The molecular weight excluding hydrogens is 328 g/mol. The molecule has 1 aliphatic rings. The average molecular weight is 350 g/mol. The number of rotatable bonds is 4. The van der Waals surface area contributed by atoms with E-state index in [0.29, 0.717) is 28.0 Å². The Balaban J connectivity index is 2.16. The first-order valence-electron chi connectivity index (χ1n) is 7.93. The second-order valence-electron chi connectivity index (χ2n) is 5.68. The number of carbonyl (C=O) groups is 2. The highest BCUT2D eigenvalue weighted by atomic mass is 32.1. The molecule has 0 saturated heterocycles. The summed E-state index contributed by atoms with van der Waals surface area (Å²) in [6.07, 6.45) is 5.78. The Morgan fingerprint density at radius 2 is 1.75 bits per heavy atom. The summed E-state index contributed by atoms with van der Waals surface area (Å²) in [5.74, 6) is -0.991. The van der Waals surface area contributed by atoms with Crippen LogP contribution in [0.25, 0.3) is 0 Å². The summed E-state index contributed by atoms with van der Waals surface area (Å²) < 4.78 is 9.49. The lowest BCUT2D eigenvalue weighted by molar-refractivity contribution is 0.0587. The van der Waals surface area contributed by atoms with E-state index < -0.39 is 11.9 Å². The van der Waals surface area contributed by atoms with Crippen LogP contribution in [0.5, 0.6) is 0 Å². The number of hydrogen-bond donors (Lipinski definition) is 2. The SMILES string of the molecule is COC(=O)c1ccc(C(=O)OC)c(NC(=S)NC2CCCCC2)c1. The van der Waals surface area contributed by atoms with Gasteiger partial charge in [0.25, 0.3) is 0 Å². The van der Waals surface area contributed by atoms with Crippen molar-refractivity contribution in [2.75, 3.05) is 19.5 Å². The molecule has 0 heterocycles. The van der Waals surface area contributed by atoms with Crippen molar-refractivity contribution in [1.29, 1.82) is 0 Å². The molecular formula is C17H22N2O4S. The summed E-state index contributed by atoms with van der Waals surface area (Å²) in [4.78, 5) is 23.6. The Bertz CT molecular complexity index is 627. The number of ether oxygens (including phenoxy) is 2. The summed E-state index contributed by atoms with van der Waals surface area (Å²) in [6, 6.07) is 4.90. The molecule has 0 radical (unpaired) electrons. The van der Waals surface area contributed by atoms with Crippen molar-refractivity contribution in [3.8, 4) is 0 Å². The first-order valence-corrected chi connectivity index (χ1v) is 8.34. The number of methoxy groups -OCH3 is 2. The van der Waals surface area contributed by atoms with Crippen molar-refractivity contribution >= 4 is 35.0 Å². The molecule has 0 aliphatic heterocycles. The Labute approximate surface area is 146 Å². The summed E-state index contributed by atoms with van der Waals surface area (Å²) in [5, 5.41) is 6.70. The average Bonchev–Trinajstić information content (AvgIpc) is 2.61. The third-order valence-corrected chi connectivity index (χ3v) is 4.25. The molecule has 7 heteroatoms. The number of nitrogens with one attached hydrogen (secondary N) is 2. The van der Waals surface area contributed by atoms with Crippen LogP contribution in [-0.2, 0) is 9.47 Å². The molecule has 2 rings (SSSR count). The van der Waals surface area contributed by atoms with E-state index in [-0.39, 0.29) is 0 Å². The Morgan fingerprint density at radius 3 is 2.38 bits per heavy atom. The van der Waals surface area contributed by atoms with Crippen molar-refractivity contribution in [1.82, 2.24) is 5.32 Å². The smallest absolute Gasteiger partial charge is 0.339 e. The lowest BCUT2D eigenvalue weighted by atomic mass is 9.96. The normalized spacial score (nSPS) is 14.6. The summed E-state index contributed by atoms with van der Waals surface area (Å²) in [7, 11) is 2.61. The first-order chi connectivity index (χ1) is 11.5. The topological polar surface area (TPSA) is 76.7 Å². The fourth-order valence-corrected chi connectivity index (χ4v) is 3.05. The maximum atomic E-state index is 11.9. The van der Waals surface area contributed by atoms with Crippen LogP contribution in [-0.4, -0.2) is 37.3 Å². The number of carbonyl (C=O) groups excluding carboxylic acids is 2. The van der Waals surface area contributed by atoms with Crippen LogP contribution in [0, 0.1) is 0 Å². The van der Waals surface area contributed by atoms with Crippen LogP contribution in [0.2, 0.25) is 0 Å². The number of thiocarbonyl (C=S) groups is 1. The molecule has 0 unspecified atom stereocenters. The molecule has 1 aromatic carbocycles. The second-order valence-corrected chi connectivity index (χ2v) is 6.09. The van der Waals surface area contributed by atoms with Gasteiger partial charge < -0.3 is 20.1 Å². The standard InChI is InChI=1S/C17H22N2O4S/c1-22-15(20)11-8-9-13(16(21)23-2)14(10-11)19-17(24)18-12-6-4-3-5-7-12/h8-10,12H,3-7H2,1-2H3,(H2,18,19,24). The molecule has 1 fully saturated rings. The number of hydrogen-bond acceptors (Lipinski definition) is 5. The van der Waals surface area contributed by atoms with E-state index >= 15 is 0 Å². The molecule has 1 saturated carbocycles. The second kappa shape index (κ2) is 8.63. The maximum absolute atomic E-state index is 11.9. The van der Waals surface area contributed by atoms with Crippen molar-refractivity contribution in [3.63, 3.8) is 0 Å². The monoisotopic (exact) mass is 350 g/mol. The quantitative estimate of drug-likeness (QED) is 0.639. The van der Waals surface area contributed by atoms with Gasteiger partial charge in [-0.15, -0.1) is 0 Å². The first kappa shape index (κ1) is 18.2. The van der Waals surface area contributed by atoms with Crippen LogP contribution in [0.3, 0.4) is 0 Å². The van der Waals surface area contributed by atoms with Crippen LogP contribution < -0.4 is 10.6 Å². The zero-order chi connectivity index (χ0) is 17.5. The van der Waals surface area contributed by atoms with Crippen molar-refractivity contribution in [3.05, 3.63) is 29.3 Å². The highest BCUT2D eigenvalue weighted by Gasteiger charge is 2.18. The van der Waals surface area contributed by atoms with E-state index in [4.69, 9.17) is 21.7 Å². The van der Waals surface area contributed by atoms with Gasteiger partial charge in [-0.3, -0.25) is 0 Å². The van der Waals surface area contributed by atoms with Crippen LogP contribution >= 0.6 is 12.2 Å². The Hall–Kier alpha value is -2.15. The van der Waals surface area contributed by atoms with E-state index in [1.54, 1.807) is 0 Å². The van der Waals surface area contributed by atoms with Gasteiger partial charge in [-0.25, -0.2) is 9.59 Å². The van der Waals surface area contributed by atoms with Gasteiger partial charge in [-0.2, -0.15) is 0 Å². The molecule has 0 aromatic heterocycles. The van der Waals surface area contributed by atoms with Crippen molar-refractivity contribution in [2.45, 2.75) is 38.1 Å². The molecule has 0 atom stereocenters. The van der Waals surface area contributed by atoms with Gasteiger partial charge in [0, 0.05) is 6.04 Å². The van der Waals surface area contributed by atoms with Gasteiger partial charge in [-0.1, -0.05) is 19.3 Å². The van der Waals surface area contributed by atoms with Gasteiger partial charge in [0.1, 0.15) is 0 Å². The van der Waals surface area contributed by atoms with Crippen molar-refractivity contribution in [2.24, 2.45) is 0 Å². The maximum Gasteiger partial charge on any atom is 0.339 e. The van der Waals surface area contributed by atoms with Crippen molar-refractivity contribution < 1.29 is 19.1 Å². The van der Waals surface area contributed by atoms with Gasteiger partial charge in [-0.05, 0) is 43.3 Å². The molecule has 1 aliphatic carbocycles. The summed E-state index contributed by atoms with van der Waals surface area (Å²) in [6.45, 7) is 0. The van der Waals surface area contributed by atoms with E-state index in [0.717, 1.165) is 12.8 Å². The zero-order valence-electron chi connectivity index (χ0n) is 13.9. The van der Waals surface area contributed by atoms with E-state index in [1.807, 2.05) is 0 Å². The fraction of sp³-hybridized carbons (Fsp3) is 0.471. The third-order valence-electron chi connectivity index (χ3n) is 4.03. The van der Waals surface area contributed by atoms with Gasteiger partial charge >= 0.3 is 11.9 Å². The Morgan fingerprint density at radius 1 is 1.08 bits per heavy atom. The largest absolute Gasteiger partial charge is 0.465 e. The van der Waals surface area contributed by atoms with Crippen LogP contribution in [0.4, 0.5) is 5.69 Å². The van der Waals surface area contributed by atoms with E-state index in [1.165, 1.54) is 51.7 Å². The fourth-order valence-electron chi connectivity index (χ4n) is 2.77. The highest BCUT2D eigenvalue weighted by Crippen LogP contribution is 2.21. The van der Waals surface area contributed by atoms with E-state index in [2.05, 4.69) is 10.6 Å². The lowest BCUT2D eigenvalue weighted by Gasteiger charge is -2.24. The van der Waals surface area contributed by atoms with Gasteiger partial charge in [0.05, 0.1) is 31.0 Å². The molecule has 0 spiro atoms. The van der Waals surface area contributed by atoms with Gasteiger partial charge in [0.2, 0.25) is 0 Å².